The topological polar surface area (TPSA) is 70.5 Å². The van der Waals surface area contributed by atoms with Crippen molar-refractivity contribution >= 4 is 0 Å². The van der Waals surface area contributed by atoms with Crippen LogP contribution in [-0.2, 0) is 33.1 Å². The molecule has 2 aliphatic heterocycles. The van der Waals surface area contributed by atoms with E-state index in [1.807, 2.05) is 12.4 Å². The summed E-state index contributed by atoms with van der Waals surface area (Å²) >= 11 is 0. The molecule has 376 valence electrons. The Morgan fingerprint density at radius 3 is 1.19 bits per heavy atom. The highest BCUT2D eigenvalue weighted by Gasteiger charge is 2.75. The normalized spacial score (nSPS) is 54.3. The lowest BCUT2D eigenvalue weighted by molar-refractivity contribution is -0.233. The van der Waals surface area contributed by atoms with Gasteiger partial charge >= 0.3 is 0 Å². The molecule has 0 radical (unpaired) electrons. The second-order valence-electron chi connectivity index (χ2n) is 31.7. The van der Waals surface area contributed by atoms with Crippen LogP contribution in [0.3, 0.4) is 0 Å². The van der Waals surface area contributed by atoms with Gasteiger partial charge in [-0.25, -0.2) is 0 Å². The molecule has 4 heterocycles. The second kappa shape index (κ2) is 13.7. The SMILES string of the molecule is CC1(C)CC[C@]23CC[C@]4(C)[C@H](CC[C@@H]5[C@@]6(C)Cc7cnoc7C(C)(C)[C@@H]6CC[C@]54C)[C@H]2[C@H]1OC3.CC1(C)CC[C@]23CC[C@]4(C)[C@H](CC[C@@H]5[C@@]6(C)Cc7cnoc7C(C)(C)[C@@H]6CC[C@]54C)[C@H]2[C@H]1OC3. The highest BCUT2D eigenvalue weighted by atomic mass is 16.5. The Bertz CT molecular complexity index is 2210. The Morgan fingerprint density at radius 2 is 0.794 bits per heavy atom. The third-order valence-corrected chi connectivity index (χ3v) is 28.1. The molecule has 2 saturated heterocycles. The van der Waals surface area contributed by atoms with Crippen molar-refractivity contribution in [2.75, 3.05) is 13.2 Å². The van der Waals surface area contributed by atoms with Gasteiger partial charge in [0.15, 0.2) is 0 Å². The Kier molecular flexibility index (Phi) is 9.32. The molecule has 2 aromatic heterocycles. The van der Waals surface area contributed by atoms with Gasteiger partial charge in [-0.2, -0.15) is 0 Å². The molecule has 14 rings (SSSR count). The summed E-state index contributed by atoms with van der Waals surface area (Å²) in [5, 5.41) is 8.56. The zero-order valence-corrected chi connectivity index (χ0v) is 45.6. The number of ether oxygens (including phenoxy) is 2. The molecule has 10 fully saturated rings. The first-order chi connectivity index (χ1) is 31.8. The molecule has 6 heteroatoms. The van der Waals surface area contributed by atoms with Gasteiger partial charge in [0, 0.05) is 22.0 Å². The number of hydrogen-bond donors (Lipinski definition) is 0. The van der Waals surface area contributed by atoms with Gasteiger partial charge < -0.3 is 18.5 Å². The van der Waals surface area contributed by atoms with Crippen molar-refractivity contribution in [3.63, 3.8) is 0 Å². The van der Waals surface area contributed by atoms with Crippen LogP contribution < -0.4 is 0 Å². The fourth-order valence-corrected chi connectivity index (χ4v) is 24.5. The van der Waals surface area contributed by atoms with Crippen molar-refractivity contribution in [3.8, 4) is 0 Å². The Morgan fingerprint density at radius 1 is 0.412 bits per heavy atom. The van der Waals surface area contributed by atoms with E-state index in [0.29, 0.717) is 78.2 Å². The van der Waals surface area contributed by atoms with Crippen molar-refractivity contribution in [2.24, 2.45) is 101 Å². The van der Waals surface area contributed by atoms with Crippen LogP contribution >= 0.6 is 0 Å². The largest absolute Gasteiger partial charge is 0.377 e. The van der Waals surface area contributed by atoms with Gasteiger partial charge in [0.05, 0.1) is 37.8 Å². The van der Waals surface area contributed by atoms with Crippen LogP contribution in [0.2, 0.25) is 0 Å². The van der Waals surface area contributed by atoms with Gasteiger partial charge in [-0.15, -0.1) is 0 Å². The minimum atomic E-state index is 0.0783. The Hall–Kier alpha value is -1.66. The molecule has 10 aliphatic carbocycles. The molecular weight excluding hydrogens is 837 g/mol. The molecule has 0 unspecified atom stereocenters. The summed E-state index contributed by atoms with van der Waals surface area (Å²) in [5.41, 5.74) is 6.92. The number of hydrogen-bond acceptors (Lipinski definition) is 6. The first-order valence-corrected chi connectivity index (χ1v) is 28.9. The maximum atomic E-state index is 6.74. The van der Waals surface area contributed by atoms with Crippen LogP contribution in [0.4, 0.5) is 0 Å². The van der Waals surface area contributed by atoms with Gasteiger partial charge in [0.1, 0.15) is 11.5 Å². The summed E-state index contributed by atoms with van der Waals surface area (Å²) in [6.45, 7) is 38.2. The first kappa shape index (κ1) is 46.1. The first-order valence-electron chi connectivity index (χ1n) is 28.9. The van der Waals surface area contributed by atoms with Gasteiger partial charge in [-0.1, -0.05) is 107 Å². The van der Waals surface area contributed by atoms with Crippen LogP contribution in [0.1, 0.15) is 222 Å². The third kappa shape index (κ3) is 5.32. The van der Waals surface area contributed by atoms with E-state index in [1.54, 1.807) is 0 Å². The number of aromatic nitrogens is 2. The van der Waals surface area contributed by atoms with Crippen LogP contribution in [0.25, 0.3) is 0 Å². The molecule has 0 N–H and O–H groups in total. The zero-order chi connectivity index (χ0) is 47.9. The standard InChI is InChI=1S/2C31H47NO2/c2*1-26(2)12-14-31-15-13-29(6)20(23(31)25(26)33-18-31)8-9-22-28(5)16-19-17-32-34-24(19)27(3,4)21(28)10-11-30(22,29)7/h2*17,20-23,25H,8-16,18H2,1-7H3/t2*20-,21+,22-,23+,25-,28+,29-,30-,31-/m11/s1. The number of fused-ring (bicyclic) bond motifs is 12. The van der Waals surface area contributed by atoms with Gasteiger partial charge in [-0.3, -0.25) is 0 Å². The Labute approximate surface area is 412 Å². The van der Waals surface area contributed by atoms with Crippen molar-refractivity contribution in [1.82, 2.24) is 10.3 Å². The molecule has 0 aromatic carbocycles. The second-order valence-corrected chi connectivity index (χ2v) is 31.7. The van der Waals surface area contributed by atoms with Crippen LogP contribution in [-0.4, -0.2) is 35.7 Å². The van der Waals surface area contributed by atoms with Crippen molar-refractivity contribution < 1.29 is 18.5 Å². The Balaban J connectivity index is 0.000000134. The minimum absolute atomic E-state index is 0.0783. The van der Waals surface area contributed by atoms with Crippen LogP contribution in [0, 0.1) is 101 Å². The van der Waals surface area contributed by atoms with E-state index < -0.39 is 0 Å². The van der Waals surface area contributed by atoms with E-state index in [4.69, 9.17) is 18.5 Å². The van der Waals surface area contributed by atoms with Gasteiger partial charge in [-0.05, 0) is 217 Å². The van der Waals surface area contributed by atoms with Crippen molar-refractivity contribution in [2.45, 2.75) is 236 Å². The average Bonchev–Trinajstić information content (AvgIpc) is 4.07. The zero-order valence-electron chi connectivity index (χ0n) is 45.6. The van der Waals surface area contributed by atoms with Crippen molar-refractivity contribution in [1.29, 1.82) is 0 Å². The molecule has 68 heavy (non-hydrogen) atoms. The fraction of sp³-hybridized carbons (Fsp3) is 0.903. The molecule has 2 aromatic rings. The molecule has 8 saturated carbocycles. The summed E-state index contributed by atoms with van der Waals surface area (Å²) < 4.78 is 25.2. The fourth-order valence-electron chi connectivity index (χ4n) is 24.5. The summed E-state index contributed by atoms with van der Waals surface area (Å²) in [6.07, 6.45) is 29.6. The molecular formula is C62H94N2O4. The molecule has 0 amide bonds. The lowest BCUT2D eigenvalue weighted by atomic mass is 9.31. The van der Waals surface area contributed by atoms with E-state index in [-0.39, 0.29) is 10.8 Å². The summed E-state index contributed by atoms with van der Waals surface area (Å²) in [7, 11) is 0. The lowest BCUT2D eigenvalue weighted by Gasteiger charge is -2.72. The van der Waals surface area contributed by atoms with E-state index >= 15 is 0 Å². The van der Waals surface area contributed by atoms with Crippen LogP contribution in [0.15, 0.2) is 21.4 Å². The average molecular weight is 931 g/mol. The predicted octanol–water partition coefficient (Wildman–Crippen LogP) is 15.2. The highest BCUT2D eigenvalue weighted by molar-refractivity contribution is 5.35. The van der Waals surface area contributed by atoms with E-state index in [1.165, 1.54) is 125 Å². The quantitative estimate of drug-likeness (QED) is 0.262. The van der Waals surface area contributed by atoms with Crippen LogP contribution in [0.5, 0.6) is 0 Å². The van der Waals surface area contributed by atoms with Gasteiger partial charge in [0.2, 0.25) is 0 Å². The molecule has 6 nitrogen and oxygen atoms in total. The summed E-state index contributed by atoms with van der Waals surface area (Å²) in [4.78, 5) is 0. The number of nitrogens with zero attached hydrogens (tertiary/aromatic N) is 2. The van der Waals surface area contributed by atoms with Gasteiger partial charge in [0.25, 0.3) is 0 Å². The monoisotopic (exact) mass is 931 g/mol. The highest BCUT2D eigenvalue weighted by Crippen LogP contribution is 2.80. The maximum Gasteiger partial charge on any atom is 0.145 e. The van der Waals surface area contributed by atoms with E-state index in [2.05, 4.69) is 107 Å². The molecule has 0 spiro atoms. The minimum Gasteiger partial charge on any atom is -0.377 e. The number of rotatable bonds is 0. The summed E-state index contributed by atoms with van der Waals surface area (Å²) in [5.74, 6) is 8.51. The third-order valence-electron chi connectivity index (χ3n) is 28.1. The van der Waals surface area contributed by atoms with E-state index in [9.17, 15) is 0 Å². The predicted molar refractivity (Wildman–Crippen MR) is 269 cm³/mol. The maximum absolute atomic E-state index is 6.74. The smallest absolute Gasteiger partial charge is 0.145 e. The lowest BCUT2D eigenvalue weighted by Crippen LogP contribution is -2.67. The van der Waals surface area contributed by atoms with Crippen molar-refractivity contribution in [3.05, 3.63) is 35.0 Å². The van der Waals surface area contributed by atoms with E-state index in [0.717, 1.165) is 61.6 Å². The molecule has 18 atom stereocenters. The molecule has 4 bridgehead atoms. The molecule has 12 aliphatic rings. The summed E-state index contributed by atoms with van der Waals surface area (Å²) in [6, 6.07) is 0.